The summed E-state index contributed by atoms with van der Waals surface area (Å²) >= 11 is 0. The summed E-state index contributed by atoms with van der Waals surface area (Å²) in [6.45, 7) is 6.85. The predicted octanol–water partition coefficient (Wildman–Crippen LogP) is 0.607. The van der Waals surface area contributed by atoms with Gasteiger partial charge < -0.3 is 10.2 Å². The summed E-state index contributed by atoms with van der Waals surface area (Å²) in [4.78, 5) is 13.4. The van der Waals surface area contributed by atoms with E-state index in [4.69, 9.17) is 0 Å². The van der Waals surface area contributed by atoms with Crippen molar-refractivity contribution in [3.63, 3.8) is 0 Å². The standard InChI is InChI=1S/C9H18N2O/c1-3-8-7-10-5-6-11(8)9(12)4-2/h8,10H,3-7H2,1-2H3/t8-/m1/s1. The molecule has 1 amide bonds. The summed E-state index contributed by atoms with van der Waals surface area (Å²) in [5.74, 6) is 0.295. The molecule has 1 rings (SSSR count). The number of piperazine rings is 1. The van der Waals surface area contributed by atoms with Gasteiger partial charge in [-0.15, -0.1) is 0 Å². The smallest absolute Gasteiger partial charge is 0.222 e. The van der Waals surface area contributed by atoms with E-state index in [0.717, 1.165) is 26.1 Å². The Morgan fingerprint density at radius 1 is 1.58 bits per heavy atom. The third kappa shape index (κ3) is 1.97. The van der Waals surface area contributed by atoms with Crippen molar-refractivity contribution in [3.8, 4) is 0 Å². The Labute approximate surface area is 74.1 Å². The predicted molar refractivity (Wildman–Crippen MR) is 49.0 cm³/mol. The van der Waals surface area contributed by atoms with Crippen molar-refractivity contribution in [2.24, 2.45) is 0 Å². The highest BCUT2D eigenvalue weighted by molar-refractivity contribution is 5.76. The van der Waals surface area contributed by atoms with Crippen LogP contribution < -0.4 is 5.32 Å². The Morgan fingerprint density at radius 2 is 2.33 bits per heavy atom. The molecule has 0 unspecified atom stereocenters. The summed E-state index contributed by atoms with van der Waals surface area (Å²) in [5, 5.41) is 3.30. The minimum atomic E-state index is 0.295. The minimum absolute atomic E-state index is 0.295. The van der Waals surface area contributed by atoms with Crippen LogP contribution in [0.15, 0.2) is 0 Å². The molecule has 0 bridgehead atoms. The lowest BCUT2D eigenvalue weighted by Gasteiger charge is -2.35. The molecule has 12 heavy (non-hydrogen) atoms. The van der Waals surface area contributed by atoms with Crippen molar-refractivity contribution < 1.29 is 4.79 Å². The number of amides is 1. The molecule has 1 N–H and O–H groups in total. The Balaban J connectivity index is 2.52. The van der Waals surface area contributed by atoms with Crippen molar-refractivity contribution in [3.05, 3.63) is 0 Å². The van der Waals surface area contributed by atoms with Gasteiger partial charge in [-0.25, -0.2) is 0 Å². The molecule has 0 radical (unpaired) electrons. The number of rotatable bonds is 2. The quantitative estimate of drug-likeness (QED) is 0.658. The molecule has 0 saturated carbocycles. The first-order valence-corrected chi connectivity index (χ1v) is 4.79. The van der Waals surface area contributed by atoms with Crippen LogP contribution in [0, 0.1) is 0 Å². The first-order chi connectivity index (χ1) is 5.79. The molecular formula is C9H18N2O. The molecule has 1 atom stereocenters. The van der Waals surface area contributed by atoms with E-state index in [9.17, 15) is 4.79 Å². The van der Waals surface area contributed by atoms with Crippen molar-refractivity contribution in [1.29, 1.82) is 0 Å². The fourth-order valence-corrected chi connectivity index (χ4v) is 1.66. The van der Waals surface area contributed by atoms with Gasteiger partial charge in [0.05, 0.1) is 0 Å². The third-order valence-corrected chi connectivity index (χ3v) is 2.44. The van der Waals surface area contributed by atoms with E-state index in [1.807, 2.05) is 11.8 Å². The lowest BCUT2D eigenvalue weighted by Crippen LogP contribution is -2.53. The zero-order chi connectivity index (χ0) is 8.97. The molecule has 1 heterocycles. The van der Waals surface area contributed by atoms with Crippen LogP contribution in [0.3, 0.4) is 0 Å². The Bertz CT molecular complexity index is 159. The second-order valence-electron chi connectivity index (χ2n) is 3.21. The van der Waals surface area contributed by atoms with E-state index in [1.54, 1.807) is 0 Å². The van der Waals surface area contributed by atoms with Gasteiger partial charge in [-0.1, -0.05) is 13.8 Å². The van der Waals surface area contributed by atoms with Gasteiger partial charge in [-0.2, -0.15) is 0 Å². The van der Waals surface area contributed by atoms with Gasteiger partial charge in [0, 0.05) is 32.1 Å². The molecule has 3 nitrogen and oxygen atoms in total. The van der Waals surface area contributed by atoms with Crippen LogP contribution in [0.1, 0.15) is 26.7 Å². The van der Waals surface area contributed by atoms with Crippen LogP contribution in [0.25, 0.3) is 0 Å². The van der Waals surface area contributed by atoms with Crippen LogP contribution >= 0.6 is 0 Å². The summed E-state index contributed by atoms with van der Waals surface area (Å²) in [5.41, 5.74) is 0. The fourth-order valence-electron chi connectivity index (χ4n) is 1.66. The molecule has 1 saturated heterocycles. The molecule has 0 aromatic carbocycles. The van der Waals surface area contributed by atoms with Gasteiger partial charge in [-0.3, -0.25) is 4.79 Å². The minimum Gasteiger partial charge on any atom is -0.337 e. The normalized spacial score (nSPS) is 24.2. The molecule has 0 aromatic heterocycles. The Morgan fingerprint density at radius 3 is 2.92 bits per heavy atom. The summed E-state index contributed by atoms with van der Waals surface area (Å²) in [6, 6.07) is 0.422. The van der Waals surface area contributed by atoms with Gasteiger partial charge in [0.2, 0.25) is 5.91 Å². The van der Waals surface area contributed by atoms with Gasteiger partial charge in [0.1, 0.15) is 0 Å². The molecule has 0 spiro atoms. The van der Waals surface area contributed by atoms with E-state index in [0.29, 0.717) is 18.4 Å². The lowest BCUT2D eigenvalue weighted by molar-refractivity contribution is -0.134. The maximum Gasteiger partial charge on any atom is 0.222 e. The number of nitrogens with one attached hydrogen (secondary N) is 1. The molecule has 1 aliphatic heterocycles. The van der Waals surface area contributed by atoms with Gasteiger partial charge in [0.15, 0.2) is 0 Å². The SMILES string of the molecule is CCC(=O)N1CCNC[C@H]1CC. The number of carbonyl (C=O) groups excluding carboxylic acids is 1. The second-order valence-corrected chi connectivity index (χ2v) is 3.21. The average Bonchev–Trinajstić information content (AvgIpc) is 2.16. The monoisotopic (exact) mass is 170 g/mol. The van der Waals surface area contributed by atoms with Crippen LogP contribution in [-0.4, -0.2) is 36.5 Å². The van der Waals surface area contributed by atoms with Crippen molar-refractivity contribution >= 4 is 5.91 Å². The van der Waals surface area contributed by atoms with E-state index in [2.05, 4.69) is 12.2 Å². The molecule has 0 aliphatic carbocycles. The molecule has 1 fully saturated rings. The van der Waals surface area contributed by atoms with Gasteiger partial charge in [-0.05, 0) is 6.42 Å². The van der Waals surface area contributed by atoms with Crippen LogP contribution in [0.5, 0.6) is 0 Å². The van der Waals surface area contributed by atoms with E-state index >= 15 is 0 Å². The number of hydrogen-bond acceptors (Lipinski definition) is 2. The maximum absolute atomic E-state index is 11.4. The summed E-state index contributed by atoms with van der Waals surface area (Å²) in [6.07, 6.45) is 1.69. The largest absolute Gasteiger partial charge is 0.337 e. The van der Waals surface area contributed by atoms with Crippen molar-refractivity contribution in [1.82, 2.24) is 10.2 Å². The highest BCUT2D eigenvalue weighted by Gasteiger charge is 2.23. The van der Waals surface area contributed by atoms with Crippen LogP contribution in [0.4, 0.5) is 0 Å². The lowest BCUT2D eigenvalue weighted by atomic mass is 10.1. The molecule has 1 aliphatic rings. The highest BCUT2D eigenvalue weighted by Crippen LogP contribution is 2.08. The van der Waals surface area contributed by atoms with E-state index < -0.39 is 0 Å². The number of nitrogens with zero attached hydrogens (tertiary/aromatic N) is 1. The van der Waals surface area contributed by atoms with E-state index in [-0.39, 0.29) is 0 Å². The third-order valence-electron chi connectivity index (χ3n) is 2.44. The summed E-state index contributed by atoms with van der Waals surface area (Å²) in [7, 11) is 0. The van der Waals surface area contributed by atoms with Crippen LogP contribution in [0.2, 0.25) is 0 Å². The number of hydrogen-bond donors (Lipinski definition) is 1. The fraction of sp³-hybridized carbons (Fsp3) is 0.889. The molecular weight excluding hydrogens is 152 g/mol. The molecule has 0 aromatic rings. The Hall–Kier alpha value is -0.570. The summed E-state index contributed by atoms with van der Waals surface area (Å²) < 4.78 is 0. The maximum atomic E-state index is 11.4. The average molecular weight is 170 g/mol. The first kappa shape index (κ1) is 9.52. The highest BCUT2D eigenvalue weighted by atomic mass is 16.2. The van der Waals surface area contributed by atoms with Crippen LogP contribution in [-0.2, 0) is 4.79 Å². The van der Waals surface area contributed by atoms with E-state index in [1.165, 1.54) is 0 Å². The zero-order valence-electron chi connectivity index (χ0n) is 7.97. The van der Waals surface area contributed by atoms with Gasteiger partial charge in [0.25, 0.3) is 0 Å². The zero-order valence-corrected chi connectivity index (χ0v) is 7.97. The molecule has 70 valence electrons. The van der Waals surface area contributed by atoms with Gasteiger partial charge >= 0.3 is 0 Å². The Kier molecular flexibility index (Phi) is 3.53. The second kappa shape index (κ2) is 4.45. The van der Waals surface area contributed by atoms with Crippen molar-refractivity contribution in [2.45, 2.75) is 32.7 Å². The topological polar surface area (TPSA) is 32.3 Å². The first-order valence-electron chi connectivity index (χ1n) is 4.79. The number of carbonyl (C=O) groups is 1. The van der Waals surface area contributed by atoms with Crippen molar-refractivity contribution in [2.75, 3.05) is 19.6 Å². The molecule has 3 heteroatoms.